The predicted molar refractivity (Wildman–Crippen MR) is 55.0 cm³/mol. The number of hydrogen-bond acceptors (Lipinski definition) is 1. The second-order valence-corrected chi connectivity index (χ2v) is 3.58. The van der Waals surface area contributed by atoms with E-state index in [1.54, 1.807) is 12.1 Å². The zero-order valence-corrected chi connectivity index (χ0v) is 8.22. The van der Waals surface area contributed by atoms with Gasteiger partial charge < -0.3 is 10.1 Å². The van der Waals surface area contributed by atoms with Crippen LogP contribution in [-0.2, 0) is 0 Å². The highest BCUT2D eigenvalue weighted by atomic mass is 35.5. The summed E-state index contributed by atoms with van der Waals surface area (Å²) in [5.74, 6) is -0.963. The van der Waals surface area contributed by atoms with Gasteiger partial charge in [-0.2, -0.15) is 0 Å². The number of aromatic amines is 1. The Bertz CT molecular complexity index is 477. The van der Waals surface area contributed by atoms with Gasteiger partial charge in [0.05, 0.1) is 0 Å². The number of benzene rings is 1. The van der Waals surface area contributed by atoms with Gasteiger partial charge in [0.15, 0.2) is 0 Å². The van der Waals surface area contributed by atoms with Crippen molar-refractivity contribution in [1.82, 2.24) is 4.98 Å². The first-order valence-corrected chi connectivity index (χ1v) is 4.48. The fraction of sp³-hybridized carbons (Fsp3) is 0.100. The molecule has 0 saturated carbocycles. The average molecular weight is 210 g/mol. The monoisotopic (exact) mass is 209 g/mol. The zero-order chi connectivity index (χ0) is 10.3. The lowest BCUT2D eigenvalue weighted by Crippen LogP contribution is -1.94. The number of H-pyrrole nitrogens is 1. The van der Waals surface area contributed by atoms with Crippen LogP contribution in [0.2, 0.25) is 5.02 Å². The van der Waals surface area contributed by atoms with E-state index in [2.05, 4.69) is 4.98 Å². The second kappa shape index (κ2) is 3.03. The standard InChI is InChI=1S/C10H8ClNO2/c1-5-2-6-3-9(10(13)14)12-8(6)4-7(5)11/h2-4,12H,1H3,(H,13,14). The van der Waals surface area contributed by atoms with Gasteiger partial charge in [0, 0.05) is 15.9 Å². The van der Waals surface area contributed by atoms with E-state index >= 15 is 0 Å². The molecule has 0 fully saturated rings. The summed E-state index contributed by atoms with van der Waals surface area (Å²) in [6.07, 6.45) is 0. The Labute approximate surface area is 85.3 Å². The largest absolute Gasteiger partial charge is 0.477 e. The Morgan fingerprint density at radius 3 is 2.79 bits per heavy atom. The fourth-order valence-electron chi connectivity index (χ4n) is 1.38. The fourth-order valence-corrected chi connectivity index (χ4v) is 1.55. The van der Waals surface area contributed by atoms with Crippen LogP contribution in [-0.4, -0.2) is 16.1 Å². The van der Waals surface area contributed by atoms with Crippen molar-refractivity contribution in [3.63, 3.8) is 0 Å². The van der Waals surface area contributed by atoms with Gasteiger partial charge in [-0.1, -0.05) is 11.6 Å². The third-order valence-corrected chi connectivity index (χ3v) is 2.54. The molecule has 0 aliphatic heterocycles. The lowest BCUT2D eigenvalue weighted by atomic mass is 10.2. The summed E-state index contributed by atoms with van der Waals surface area (Å²) in [6, 6.07) is 5.19. The van der Waals surface area contributed by atoms with Crippen molar-refractivity contribution in [1.29, 1.82) is 0 Å². The molecule has 0 atom stereocenters. The van der Waals surface area contributed by atoms with Crippen LogP contribution in [0.5, 0.6) is 0 Å². The van der Waals surface area contributed by atoms with E-state index < -0.39 is 5.97 Å². The molecule has 0 aliphatic rings. The SMILES string of the molecule is Cc1cc2cc(C(=O)O)[nH]c2cc1Cl. The van der Waals surface area contributed by atoms with Gasteiger partial charge in [-0.05, 0) is 30.7 Å². The van der Waals surface area contributed by atoms with Crippen LogP contribution in [0.25, 0.3) is 10.9 Å². The molecule has 14 heavy (non-hydrogen) atoms. The van der Waals surface area contributed by atoms with E-state index in [0.29, 0.717) is 5.02 Å². The van der Waals surface area contributed by atoms with Crippen LogP contribution >= 0.6 is 11.6 Å². The van der Waals surface area contributed by atoms with Gasteiger partial charge in [-0.25, -0.2) is 4.79 Å². The van der Waals surface area contributed by atoms with Gasteiger partial charge in [-0.15, -0.1) is 0 Å². The summed E-state index contributed by atoms with van der Waals surface area (Å²) in [7, 11) is 0. The molecule has 2 N–H and O–H groups in total. The Hall–Kier alpha value is -1.48. The highest BCUT2D eigenvalue weighted by molar-refractivity contribution is 6.32. The van der Waals surface area contributed by atoms with Gasteiger partial charge in [-0.3, -0.25) is 0 Å². The maximum absolute atomic E-state index is 10.7. The molecule has 0 radical (unpaired) electrons. The highest BCUT2D eigenvalue weighted by Gasteiger charge is 2.08. The molecule has 0 saturated heterocycles. The first kappa shape index (κ1) is 9.09. The third-order valence-electron chi connectivity index (χ3n) is 2.13. The molecule has 2 aromatic rings. The summed E-state index contributed by atoms with van der Waals surface area (Å²) in [4.78, 5) is 13.5. The Balaban J connectivity index is 2.72. The molecule has 4 heteroatoms. The number of carboxylic acids is 1. The van der Waals surface area contributed by atoms with Gasteiger partial charge >= 0.3 is 5.97 Å². The van der Waals surface area contributed by atoms with Crippen LogP contribution in [0.3, 0.4) is 0 Å². The van der Waals surface area contributed by atoms with E-state index in [4.69, 9.17) is 16.7 Å². The lowest BCUT2D eigenvalue weighted by molar-refractivity contribution is 0.0691. The Morgan fingerprint density at radius 1 is 1.43 bits per heavy atom. The summed E-state index contributed by atoms with van der Waals surface area (Å²) < 4.78 is 0. The van der Waals surface area contributed by atoms with E-state index in [1.165, 1.54) is 0 Å². The van der Waals surface area contributed by atoms with E-state index in [0.717, 1.165) is 16.5 Å². The van der Waals surface area contributed by atoms with E-state index in [1.807, 2.05) is 13.0 Å². The minimum absolute atomic E-state index is 0.182. The number of fused-ring (bicyclic) bond motifs is 1. The molecule has 0 spiro atoms. The lowest BCUT2D eigenvalue weighted by Gasteiger charge is -1.96. The molecule has 0 aliphatic carbocycles. The predicted octanol–water partition coefficient (Wildman–Crippen LogP) is 2.83. The molecular weight excluding hydrogens is 202 g/mol. The number of hydrogen-bond donors (Lipinski definition) is 2. The molecule has 0 amide bonds. The van der Waals surface area contributed by atoms with Crippen molar-refractivity contribution < 1.29 is 9.90 Å². The number of nitrogens with one attached hydrogen (secondary N) is 1. The van der Waals surface area contributed by atoms with Crippen LogP contribution < -0.4 is 0 Å². The van der Waals surface area contributed by atoms with Crippen molar-refractivity contribution >= 4 is 28.5 Å². The van der Waals surface area contributed by atoms with Gasteiger partial charge in [0.1, 0.15) is 5.69 Å². The molecule has 1 aromatic carbocycles. The van der Waals surface area contributed by atoms with E-state index in [9.17, 15) is 4.79 Å². The van der Waals surface area contributed by atoms with Gasteiger partial charge in [0.25, 0.3) is 0 Å². The summed E-state index contributed by atoms with van der Waals surface area (Å²) in [5.41, 5.74) is 1.87. The number of aromatic carboxylic acids is 1. The number of carboxylic acid groups (broad SMARTS) is 1. The molecule has 3 nitrogen and oxygen atoms in total. The molecule has 0 unspecified atom stereocenters. The minimum atomic E-state index is -0.963. The summed E-state index contributed by atoms with van der Waals surface area (Å²) >= 11 is 5.91. The molecule has 1 heterocycles. The van der Waals surface area contributed by atoms with E-state index in [-0.39, 0.29) is 5.69 Å². The molecule has 72 valence electrons. The van der Waals surface area contributed by atoms with Crippen molar-refractivity contribution in [2.24, 2.45) is 0 Å². The van der Waals surface area contributed by atoms with Crippen molar-refractivity contribution in [3.05, 3.63) is 34.5 Å². The zero-order valence-electron chi connectivity index (χ0n) is 7.47. The first-order chi connectivity index (χ1) is 6.58. The van der Waals surface area contributed by atoms with Crippen LogP contribution in [0, 0.1) is 6.92 Å². The van der Waals surface area contributed by atoms with Crippen LogP contribution in [0.4, 0.5) is 0 Å². The Kier molecular flexibility index (Phi) is 1.97. The number of aromatic nitrogens is 1. The van der Waals surface area contributed by atoms with Gasteiger partial charge in [0.2, 0.25) is 0 Å². The Morgan fingerprint density at radius 2 is 2.14 bits per heavy atom. The molecular formula is C10H8ClNO2. The quantitative estimate of drug-likeness (QED) is 0.759. The second-order valence-electron chi connectivity index (χ2n) is 3.18. The van der Waals surface area contributed by atoms with Crippen molar-refractivity contribution in [2.75, 3.05) is 0 Å². The van der Waals surface area contributed by atoms with Crippen LogP contribution in [0.15, 0.2) is 18.2 Å². The summed E-state index contributed by atoms with van der Waals surface area (Å²) in [5, 5.41) is 10.3. The third kappa shape index (κ3) is 1.36. The average Bonchev–Trinajstić information content (AvgIpc) is 2.48. The maximum Gasteiger partial charge on any atom is 0.352 e. The highest BCUT2D eigenvalue weighted by Crippen LogP contribution is 2.23. The number of aryl methyl sites for hydroxylation is 1. The van der Waals surface area contributed by atoms with Crippen molar-refractivity contribution in [3.8, 4) is 0 Å². The first-order valence-electron chi connectivity index (χ1n) is 4.10. The van der Waals surface area contributed by atoms with Crippen LogP contribution in [0.1, 0.15) is 16.1 Å². The summed E-state index contributed by atoms with van der Waals surface area (Å²) in [6.45, 7) is 1.88. The number of carbonyl (C=O) groups is 1. The normalized spacial score (nSPS) is 10.7. The minimum Gasteiger partial charge on any atom is -0.477 e. The topological polar surface area (TPSA) is 53.1 Å². The molecule has 1 aromatic heterocycles. The number of rotatable bonds is 1. The molecule has 0 bridgehead atoms. The van der Waals surface area contributed by atoms with Crippen molar-refractivity contribution in [2.45, 2.75) is 6.92 Å². The molecule has 2 rings (SSSR count). The smallest absolute Gasteiger partial charge is 0.352 e. The maximum atomic E-state index is 10.7. The number of halogens is 1.